The van der Waals surface area contributed by atoms with Crippen molar-refractivity contribution in [3.05, 3.63) is 0 Å². The number of hydrogen-bond acceptors (Lipinski definition) is 1. The summed E-state index contributed by atoms with van der Waals surface area (Å²) in [6.07, 6.45) is 12.5. The first kappa shape index (κ1) is 13.0. The van der Waals surface area contributed by atoms with E-state index in [1.807, 2.05) is 0 Å². The molecule has 1 nitrogen and oxygen atoms in total. The summed E-state index contributed by atoms with van der Waals surface area (Å²) in [6, 6.07) is 0. The highest BCUT2D eigenvalue weighted by Crippen LogP contribution is 2.40. The minimum atomic E-state index is 0.507. The first-order chi connectivity index (χ1) is 7.26. The van der Waals surface area contributed by atoms with Crippen molar-refractivity contribution >= 4 is 0 Å². The molecule has 1 rings (SSSR count). The highest BCUT2D eigenvalue weighted by molar-refractivity contribution is 4.84. The molecule has 0 aromatic heterocycles. The second-order valence-electron chi connectivity index (χ2n) is 5.50. The summed E-state index contributed by atoms with van der Waals surface area (Å²) in [7, 11) is 0. The van der Waals surface area contributed by atoms with E-state index in [1.165, 1.54) is 57.8 Å². The van der Waals surface area contributed by atoms with E-state index < -0.39 is 0 Å². The Bertz CT molecular complexity index is 153. The topological polar surface area (TPSA) is 26.0 Å². The van der Waals surface area contributed by atoms with Crippen LogP contribution < -0.4 is 5.73 Å². The van der Waals surface area contributed by atoms with Crippen LogP contribution in [-0.4, -0.2) is 6.54 Å². The molecule has 0 aromatic carbocycles. The molecular weight excluding hydrogens is 182 g/mol. The molecule has 0 aromatic rings. The van der Waals surface area contributed by atoms with E-state index in [9.17, 15) is 0 Å². The zero-order chi connectivity index (χ0) is 11.1. The first-order valence-corrected chi connectivity index (χ1v) is 6.96. The Labute approximate surface area is 95.8 Å². The van der Waals surface area contributed by atoms with Gasteiger partial charge in [0.05, 0.1) is 0 Å². The molecule has 0 radical (unpaired) electrons. The zero-order valence-corrected chi connectivity index (χ0v) is 10.7. The lowest BCUT2D eigenvalue weighted by Crippen LogP contribution is -2.32. The van der Waals surface area contributed by atoms with Gasteiger partial charge in [-0.15, -0.1) is 0 Å². The summed E-state index contributed by atoms with van der Waals surface area (Å²) in [5.41, 5.74) is 6.57. The lowest BCUT2D eigenvalue weighted by atomic mass is 9.72. The molecule has 0 spiro atoms. The van der Waals surface area contributed by atoms with Gasteiger partial charge in [-0.05, 0) is 37.1 Å². The summed E-state index contributed by atoms with van der Waals surface area (Å²) in [5.74, 6) is 0.909. The number of hydrogen-bond donors (Lipinski definition) is 1. The Kier molecular flexibility index (Phi) is 5.66. The van der Waals surface area contributed by atoms with Crippen molar-refractivity contribution in [2.75, 3.05) is 6.54 Å². The number of nitrogens with two attached hydrogens (primary N) is 1. The first-order valence-electron chi connectivity index (χ1n) is 6.96. The minimum absolute atomic E-state index is 0.507. The van der Waals surface area contributed by atoms with Gasteiger partial charge in [0.2, 0.25) is 0 Å². The van der Waals surface area contributed by atoms with Crippen LogP contribution in [0.1, 0.15) is 71.6 Å². The summed E-state index contributed by atoms with van der Waals surface area (Å²) in [5, 5.41) is 0. The monoisotopic (exact) mass is 211 g/mol. The van der Waals surface area contributed by atoms with Crippen LogP contribution in [0.2, 0.25) is 0 Å². The molecule has 0 bridgehead atoms. The second-order valence-corrected chi connectivity index (χ2v) is 5.50. The van der Waals surface area contributed by atoms with Crippen molar-refractivity contribution in [2.24, 2.45) is 17.1 Å². The molecule has 0 heterocycles. The molecule has 1 aliphatic carbocycles. The molecule has 15 heavy (non-hydrogen) atoms. The zero-order valence-electron chi connectivity index (χ0n) is 10.7. The third-order valence-electron chi connectivity index (χ3n) is 4.47. The minimum Gasteiger partial charge on any atom is -0.330 e. The van der Waals surface area contributed by atoms with Gasteiger partial charge < -0.3 is 5.73 Å². The molecule has 0 saturated heterocycles. The van der Waals surface area contributed by atoms with Crippen LogP contribution >= 0.6 is 0 Å². The van der Waals surface area contributed by atoms with Crippen molar-refractivity contribution in [2.45, 2.75) is 71.6 Å². The van der Waals surface area contributed by atoms with Gasteiger partial charge in [-0.1, -0.05) is 52.4 Å². The molecule has 1 fully saturated rings. The van der Waals surface area contributed by atoms with Crippen molar-refractivity contribution in [3.63, 3.8) is 0 Å². The third-order valence-corrected chi connectivity index (χ3v) is 4.47. The Morgan fingerprint density at radius 2 is 1.53 bits per heavy atom. The van der Waals surface area contributed by atoms with Gasteiger partial charge >= 0.3 is 0 Å². The van der Waals surface area contributed by atoms with Gasteiger partial charge in [0.25, 0.3) is 0 Å². The Balaban J connectivity index is 2.56. The highest BCUT2D eigenvalue weighted by Gasteiger charge is 2.31. The number of rotatable bonds is 5. The molecule has 1 saturated carbocycles. The molecule has 2 N–H and O–H groups in total. The molecule has 0 unspecified atom stereocenters. The van der Waals surface area contributed by atoms with Crippen molar-refractivity contribution in [1.82, 2.24) is 0 Å². The molecular formula is C14H29N. The molecule has 90 valence electrons. The predicted octanol–water partition coefficient (Wildman–Crippen LogP) is 4.11. The van der Waals surface area contributed by atoms with E-state index >= 15 is 0 Å². The van der Waals surface area contributed by atoms with Gasteiger partial charge in [0.15, 0.2) is 0 Å². The lowest BCUT2D eigenvalue weighted by Gasteiger charge is -2.34. The quantitative estimate of drug-likeness (QED) is 0.680. The molecule has 1 aliphatic rings. The Hall–Kier alpha value is -0.0400. The van der Waals surface area contributed by atoms with Crippen molar-refractivity contribution < 1.29 is 0 Å². The highest BCUT2D eigenvalue weighted by atomic mass is 14.6. The van der Waals surface area contributed by atoms with E-state index in [0.717, 1.165) is 12.5 Å². The van der Waals surface area contributed by atoms with Gasteiger partial charge in [-0.25, -0.2) is 0 Å². The van der Waals surface area contributed by atoms with Crippen molar-refractivity contribution in [3.8, 4) is 0 Å². The van der Waals surface area contributed by atoms with E-state index in [1.54, 1.807) is 0 Å². The van der Waals surface area contributed by atoms with Gasteiger partial charge in [-0.2, -0.15) is 0 Å². The standard InChI is InChI=1S/C14H29N/c1-3-13(4-2)11-14(12-15)9-7-5-6-8-10-14/h13H,3-12,15H2,1-2H3. The van der Waals surface area contributed by atoms with E-state index in [2.05, 4.69) is 13.8 Å². The lowest BCUT2D eigenvalue weighted by molar-refractivity contribution is 0.184. The smallest absolute Gasteiger partial charge is 0.00204 e. The SMILES string of the molecule is CCC(CC)CC1(CN)CCCCCC1. The normalized spacial score (nSPS) is 21.6. The van der Waals surface area contributed by atoms with Gasteiger partial charge in [-0.3, -0.25) is 0 Å². The van der Waals surface area contributed by atoms with Crippen LogP contribution in [-0.2, 0) is 0 Å². The third kappa shape index (κ3) is 3.79. The molecule has 0 amide bonds. The maximum Gasteiger partial charge on any atom is -0.00204 e. The van der Waals surface area contributed by atoms with Crippen LogP contribution in [0.25, 0.3) is 0 Å². The summed E-state index contributed by atoms with van der Waals surface area (Å²) >= 11 is 0. The van der Waals surface area contributed by atoms with Gasteiger partial charge in [0, 0.05) is 0 Å². The Morgan fingerprint density at radius 1 is 1.00 bits per heavy atom. The van der Waals surface area contributed by atoms with Crippen LogP contribution in [0, 0.1) is 11.3 Å². The van der Waals surface area contributed by atoms with Crippen LogP contribution in [0.15, 0.2) is 0 Å². The predicted molar refractivity (Wildman–Crippen MR) is 67.9 cm³/mol. The van der Waals surface area contributed by atoms with E-state index in [-0.39, 0.29) is 0 Å². The van der Waals surface area contributed by atoms with E-state index in [0.29, 0.717) is 5.41 Å². The average Bonchev–Trinajstić information content (AvgIpc) is 2.52. The largest absolute Gasteiger partial charge is 0.330 e. The summed E-state index contributed by atoms with van der Waals surface area (Å²) in [6.45, 7) is 5.58. The van der Waals surface area contributed by atoms with Crippen LogP contribution in [0.3, 0.4) is 0 Å². The van der Waals surface area contributed by atoms with E-state index in [4.69, 9.17) is 5.73 Å². The molecule has 1 heteroatoms. The average molecular weight is 211 g/mol. The second kappa shape index (κ2) is 6.52. The van der Waals surface area contributed by atoms with Crippen LogP contribution in [0.4, 0.5) is 0 Å². The fourth-order valence-electron chi connectivity index (χ4n) is 3.16. The van der Waals surface area contributed by atoms with Crippen LogP contribution in [0.5, 0.6) is 0 Å². The Morgan fingerprint density at radius 3 is 1.93 bits per heavy atom. The van der Waals surface area contributed by atoms with Crippen molar-refractivity contribution in [1.29, 1.82) is 0 Å². The summed E-state index contributed by atoms with van der Waals surface area (Å²) in [4.78, 5) is 0. The fraction of sp³-hybridized carbons (Fsp3) is 1.00. The molecule has 0 atom stereocenters. The maximum atomic E-state index is 6.07. The fourth-order valence-corrected chi connectivity index (χ4v) is 3.16. The van der Waals surface area contributed by atoms with Gasteiger partial charge in [0.1, 0.15) is 0 Å². The molecule has 0 aliphatic heterocycles. The maximum absolute atomic E-state index is 6.07. The summed E-state index contributed by atoms with van der Waals surface area (Å²) < 4.78 is 0.